The van der Waals surface area contributed by atoms with Gasteiger partial charge in [-0.05, 0) is 19.8 Å². The summed E-state index contributed by atoms with van der Waals surface area (Å²) < 4.78 is 0. The predicted octanol–water partition coefficient (Wildman–Crippen LogP) is 2.38. The summed E-state index contributed by atoms with van der Waals surface area (Å²) in [6.07, 6.45) is 6.00. The van der Waals surface area contributed by atoms with E-state index in [0.29, 0.717) is 13.1 Å². The van der Waals surface area contributed by atoms with E-state index in [1.807, 2.05) is 27.2 Å². The highest BCUT2D eigenvalue weighted by atomic mass is 127. The molecule has 1 aliphatic rings. The molecule has 0 radical (unpaired) electrons. The van der Waals surface area contributed by atoms with Gasteiger partial charge < -0.3 is 15.5 Å². The Morgan fingerprint density at radius 2 is 2.04 bits per heavy atom. The standard InChI is InChI=1S/C16H27N5OS.HI/c1-12-9-18-13(23-12)10-19-15(17-2)20-11-16(7-5-6-8-16)14(22)21(3)4;/h9H,5-8,10-11H2,1-4H3,(H2,17,19,20);1H. The number of halogens is 1. The number of hydrogen-bond acceptors (Lipinski definition) is 4. The highest BCUT2D eigenvalue weighted by Gasteiger charge is 2.42. The molecule has 0 unspecified atom stereocenters. The van der Waals surface area contributed by atoms with Crippen molar-refractivity contribution >= 4 is 47.2 Å². The highest BCUT2D eigenvalue weighted by molar-refractivity contribution is 14.0. The van der Waals surface area contributed by atoms with Crippen molar-refractivity contribution in [3.63, 3.8) is 0 Å². The normalized spacial score (nSPS) is 16.4. The van der Waals surface area contributed by atoms with Gasteiger partial charge in [0, 0.05) is 38.8 Å². The quantitative estimate of drug-likeness (QED) is 0.398. The van der Waals surface area contributed by atoms with E-state index in [4.69, 9.17) is 0 Å². The summed E-state index contributed by atoms with van der Waals surface area (Å²) in [7, 11) is 5.41. The minimum absolute atomic E-state index is 0. The lowest BCUT2D eigenvalue weighted by Crippen LogP contribution is -2.49. The molecule has 0 aromatic carbocycles. The summed E-state index contributed by atoms with van der Waals surface area (Å²) in [5.41, 5.74) is -0.293. The number of rotatable bonds is 5. The molecule has 0 spiro atoms. The zero-order valence-electron chi connectivity index (χ0n) is 14.9. The Labute approximate surface area is 165 Å². The number of guanidine groups is 1. The molecule has 0 aliphatic heterocycles. The molecule has 6 nitrogen and oxygen atoms in total. The van der Waals surface area contributed by atoms with Gasteiger partial charge in [-0.15, -0.1) is 35.3 Å². The molecule has 1 saturated carbocycles. The van der Waals surface area contributed by atoms with Gasteiger partial charge in [-0.3, -0.25) is 9.79 Å². The third kappa shape index (κ3) is 5.30. The molecule has 0 saturated heterocycles. The summed E-state index contributed by atoms with van der Waals surface area (Å²) in [5, 5.41) is 7.64. The highest BCUT2D eigenvalue weighted by Crippen LogP contribution is 2.38. The van der Waals surface area contributed by atoms with E-state index in [-0.39, 0.29) is 35.3 Å². The zero-order chi connectivity index (χ0) is 16.9. The molecule has 8 heteroatoms. The summed E-state index contributed by atoms with van der Waals surface area (Å²) in [5.74, 6) is 0.934. The largest absolute Gasteiger partial charge is 0.355 e. The van der Waals surface area contributed by atoms with E-state index < -0.39 is 0 Å². The lowest BCUT2D eigenvalue weighted by molar-refractivity contribution is -0.138. The first-order valence-electron chi connectivity index (χ1n) is 8.04. The maximum atomic E-state index is 12.6. The molecule has 1 fully saturated rings. The van der Waals surface area contributed by atoms with Gasteiger partial charge in [0.25, 0.3) is 0 Å². The van der Waals surface area contributed by atoms with Crippen molar-refractivity contribution in [2.75, 3.05) is 27.7 Å². The summed E-state index contributed by atoms with van der Waals surface area (Å²) in [6.45, 7) is 3.32. The smallest absolute Gasteiger partial charge is 0.230 e. The van der Waals surface area contributed by atoms with Gasteiger partial charge in [-0.25, -0.2) is 4.98 Å². The van der Waals surface area contributed by atoms with Crippen molar-refractivity contribution in [1.82, 2.24) is 20.5 Å². The monoisotopic (exact) mass is 465 g/mol. The minimum atomic E-state index is -0.293. The Morgan fingerprint density at radius 1 is 1.38 bits per heavy atom. The molecule has 1 amide bonds. The topological polar surface area (TPSA) is 69.6 Å². The van der Waals surface area contributed by atoms with Crippen molar-refractivity contribution in [1.29, 1.82) is 0 Å². The molecule has 1 aromatic rings. The molecule has 24 heavy (non-hydrogen) atoms. The summed E-state index contributed by atoms with van der Waals surface area (Å²) >= 11 is 1.67. The Bertz CT molecular complexity index is 567. The fourth-order valence-electron chi connectivity index (χ4n) is 3.11. The summed E-state index contributed by atoms with van der Waals surface area (Å²) in [4.78, 5) is 24.1. The van der Waals surface area contributed by atoms with Gasteiger partial charge in [0.05, 0.1) is 12.0 Å². The second-order valence-corrected chi connectivity index (χ2v) is 7.65. The first kappa shape index (κ1) is 21.1. The van der Waals surface area contributed by atoms with Crippen LogP contribution in [-0.2, 0) is 11.3 Å². The molecule has 136 valence electrons. The average Bonchev–Trinajstić information content (AvgIpc) is 3.16. The van der Waals surface area contributed by atoms with Crippen molar-refractivity contribution in [3.8, 4) is 0 Å². The average molecular weight is 465 g/mol. The van der Waals surface area contributed by atoms with E-state index in [1.165, 1.54) is 4.88 Å². The van der Waals surface area contributed by atoms with E-state index in [2.05, 4.69) is 20.6 Å². The second kappa shape index (κ2) is 9.55. The SMILES string of the molecule is CN=C(NCc1ncc(C)s1)NCC1(C(=O)N(C)C)CCCC1.I. The van der Waals surface area contributed by atoms with Crippen LogP contribution in [0.4, 0.5) is 0 Å². The van der Waals surface area contributed by atoms with Crippen molar-refractivity contribution < 1.29 is 4.79 Å². The molecule has 1 aromatic heterocycles. The van der Waals surface area contributed by atoms with Gasteiger partial charge in [-0.1, -0.05) is 12.8 Å². The number of carbonyl (C=O) groups excluding carboxylic acids is 1. The maximum Gasteiger partial charge on any atom is 0.230 e. The zero-order valence-corrected chi connectivity index (χ0v) is 18.0. The number of aryl methyl sites for hydroxylation is 1. The number of thiazole rings is 1. The van der Waals surface area contributed by atoms with Crippen LogP contribution in [-0.4, -0.2) is 49.4 Å². The van der Waals surface area contributed by atoms with Crippen LogP contribution in [0.1, 0.15) is 35.6 Å². The Balaban J connectivity index is 0.00000288. The van der Waals surface area contributed by atoms with E-state index in [0.717, 1.165) is 36.7 Å². The Hall–Kier alpha value is -0.900. The van der Waals surface area contributed by atoms with Crippen LogP contribution in [0.25, 0.3) is 0 Å². The number of nitrogens with one attached hydrogen (secondary N) is 2. The Kier molecular flexibility index (Phi) is 8.41. The van der Waals surface area contributed by atoms with Crippen LogP contribution in [0, 0.1) is 12.3 Å². The van der Waals surface area contributed by atoms with Crippen molar-refractivity contribution in [2.45, 2.75) is 39.2 Å². The summed E-state index contributed by atoms with van der Waals surface area (Å²) in [6, 6.07) is 0. The van der Waals surface area contributed by atoms with Gasteiger partial charge >= 0.3 is 0 Å². The van der Waals surface area contributed by atoms with Crippen molar-refractivity contribution in [3.05, 3.63) is 16.1 Å². The number of aliphatic imine (C=N–C) groups is 1. The van der Waals surface area contributed by atoms with Crippen LogP contribution in [0.5, 0.6) is 0 Å². The van der Waals surface area contributed by atoms with E-state index in [9.17, 15) is 4.79 Å². The molecule has 2 N–H and O–H groups in total. The van der Waals surface area contributed by atoms with Crippen LogP contribution < -0.4 is 10.6 Å². The van der Waals surface area contributed by atoms with Gasteiger partial charge in [-0.2, -0.15) is 0 Å². The number of amides is 1. The van der Waals surface area contributed by atoms with Gasteiger partial charge in [0.2, 0.25) is 5.91 Å². The third-order valence-corrected chi connectivity index (χ3v) is 5.23. The first-order valence-corrected chi connectivity index (χ1v) is 8.86. The first-order chi connectivity index (χ1) is 11.0. The third-order valence-electron chi connectivity index (χ3n) is 4.31. The van der Waals surface area contributed by atoms with Crippen LogP contribution in [0.2, 0.25) is 0 Å². The van der Waals surface area contributed by atoms with Crippen LogP contribution >= 0.6 is 35.3 Å². The lowest BCUT2D eigenvalue weighted by atomic mass is 9.84. The number of carbonyl (C=O) groups is 1. The predicted molar refractivity (Wildman–Crippen MR) is 110 cm³/mol. The molecule has 0 bridgehead atoms. The fraction of sp³-hybridized carbons (Fsp3) is 0.688. The molecular weight excluding hydrogens is 437 g/mol. The number of nitrogens with zero attached hydrogens (tertiary/aromatic N) is 3. The second-order valence-electron chi connectivity index (χ2n) is 6.33. The van der Waals surface area contributed by atoms with E-state index >= 15 is 0 Å². The number of hydrogen-bond donors (Lipinski definition) is 2. The molecule has 1 heterocycles. The molecule has 2 rings (SSSR count). The maximum absolute atomic E-state index is 12.6. The molecule has 0 atom stereocenters. The van der Waals surface area contributed by atoms with Crippen molar-refractivity contribution in [2.24, 2.45) is 10.4 Å². The van der Waals surface area contributed by atoms with Crippen LogP contribution in [0.3, 0.4) is 0 Å². The fourth-order valence-corrected chi connectivity index (χ4v) is 3.84. The minimum Gasteiger partial charge on any atom is -0.355 e. The lowest BCUT2D eigenvalue weighted by Gasteiger charge is -2.31. The molecule has 1 aliphatic carbocycles. The number of aromatic nitrogens is 1. The molecular formula is C16H28IN5OS. The van der Waals surface area contributed by atoms with Gasteiger partial charge in [0.1, 0.15) is 5.01 Å². The van der Waals surface area contributed by atoms with Gasteiger partial charge in [0.15, 0.2) is 5.96 Å². The van der Waals surface area contributed by atoms with E-state index in [1.54, 1.807) is 23.3 Å². The van der Waals surface area contributed by atoms with Crippen LogP contribution in [0.15, 0.2) is 11.2 Å². The Morgan fingerprint density at radius 3 is 2.54 bits per heavy atom.